The zero-order valence-electron chi connectivity index (χ0n) is 9.75. The van der Waals surface area contributed by atoms with E-state index in [1.165, 1.54) is 0 Å². The fraction of sp³-hybridized carbons (Fsp3) is 0.417. The van der Waals surface area contributed by atoms with Gasteiger partial charge in [0.2, 0.25) is 9.05 Å². The zero-order valence-corrected chi connectivity index (χ0v) is 11.3. The van der Waals surface area contributed by atoms with Crippen molar-refractivity contribution in [3.8, 4) is 0 Å². The van der Waals surface area contributed by atoms with Crippen molar-refractivity contribution in [3.63, 3.8) is 0 Å². The van der Waals surface area contributed by atoms with Crippen molar-refractivity contribution in [3.05, 3.63) is 35.9 Å². The quantitative estimate of drug-likeness (QED) is 0.780. The Labute approximate surface area is 111 Å². The number of rotatable bonds is 2. The first-order chi connectivity index (χ1) is 8.48. The van der Waals surface area contributed by atoms with E-state index in [1.54, 1.807) is 29.2 Å². The van der Waals surface area contributed by atoms with Crippen LogP contribution in [0.5, 0.6) is 0 Å². The third-order valence-corrected chi connectivity index (χ3v) is 5.02. The van der Waals surface area contributed by atoms with Crippen molar-refractivity contribution in [1.29, 1.82) is 0 Å². The number of hydrogen-bond donors (Lipinski definition) is 0. The number of carbonyl (C=O) groups excluding carboxylic acids is 1. The summed E-state index contributed by atoms with van der Waals surface area (Å²) < 4.78 is 22.6. The van der Waals surface area contributed by atoms with Crippen LogP contribution < -0.4 is 0 Å². The van der Waals surface area contributed by atoms with Gasteiger partial charge in [-0.3, -0.25) is 4.79 Å². The summed E-state index contributed by atoms with van der Waals surface area (Å²) in [6.07, 6.45) is 1.18. The van der Waals surface area contributed by atoms with Gasteiger partial charge < -0.3 is 4.90 Å². The van der Waals surface area contributed by atoms with Crippen LogP contribution in [0.15, 0.2) is 30.3 Å². The van der Waals surface area contributed by atoms with E-state index in [4.69, 9.17) is 10.7 Å². The highest BCUT2D eigenvalue weighted by Gasteiger charge is 2.31. The maximum Gasteiger partial charge on any atom is 0.253 e. The van der Waals surface area contributed by atoms with Gasteiger partial charge in [-0.2, -0.15) is 0 Å². The Hall–Kier alpha value is -1.07. The molecule has 0 N–H and O–H groups in total. The summed E-state index contributed by atoms with van der Waals surface area (Å²) in [5.74, 6) is -0.138. The topological polar surface area (TPSA) is 54.5 Å². The van der Waals surface area contributed by atoms with Crippen LogP contribution in [-0.2, 0) is 9.05 Å². The third-order valence-electron chi connectivity index (χ3n) is 3.08. The van der Waals surface area contributed by atoms with Crippen LogP contribution in [0.4, 0.5) is 0 Å². The first-order valence-corrected chi connectivity index (χ1v) is 8.13. The van der Waals surface area contributed by atoms with E-state index in [0.717, 1.165) is 0 Å². The van der Waals surface area contributed by atoms with E-state index in [-0.39, 0.29) is 12.5 Å². The van der Waals surface area contributed by atoms with Crippen molar-refractivity contribution in [2.75, 3.05) is 13.1 Å². The van der Waals surface area contributed by atoms with Crippen molar-refractivity contribution < 1.29 is 13.2 Å². The van der Waals surface area contributed by atoms with E-state index >= 15 is 0 Å². The number of halogens is 1. The standard InChI is InChI=1S/C12H14ClNO3S/c13-18(16,17)11-7-4-8-14(9-11)12(15)10-5-2-1-3-6-10/h1-3,5-6,11H,4,7-9H2. The van der Waals surface area contributed by atoms with Crippen molar-refractivity contribution in [2.45, 2.75) is 18.1 Å². The molecule has 0 aliphatic carbocycles. The molecule has 2 rings (SSSR count). The fourth-order valence-corrected chi connectivity index (χ4v) is 3.36. The molecule has 1 saturated heterocycles. The number of piperidine rings is 1. The van der Waals surface area contributed by atoms with Crippen LogP contribution in [0.1, 0.15) is 23.2 Å². The number of likely N-dealkylation sites (tertiary alicyclic amines) is 1. The highest BCUT2D eigenvalue weighted by molar-refractivity contribution is 8.14. The average molecular weight is 288 g/mol. The molecule has 0 saturated carbocycles. The number of amides is 1. The molecule has 1 aromatic carbocycles. The van der Waals surface area contributed by atoms with Gasteiger partial charge in [0, 0.05) is 29.3 Å². The molecule has 98 valence electrons. The average Bonchev–Trinajstić information content (AvgIpc) is 2.38. The van der Waals surface area contributed by atoms with E-state index in [1.807, 2.05) is 6.07 Å². The van der Waals surface area contributed by atoms with E-state index in [9.17, 15) is 13.2 Å². The third kappa shape index (κ3) is 3.03. The molecule has 0 bridgehead atoms. The second-order valence-corrected chi connectivity index (χ2v) is 7.27. The molecule has 6 heteroatoms. The maximum absolute atomic E-state index is 12.2. The van der Waals surface area contributed by atoms with Crippen LogP contribution in [0.2, 0.25) is 0 Å². The molecule has 0 radical (unpaired) electrons. The highest BCUT2D eigenvalue weighted by atomic mass is 35.7. The Morgan fingerprint density at radius 3 is 2.56 bits per heavy atom. The van der Waals surface area contributed by atoms with Gasteiger partial charge in [-0.25, -0.2) is 8.42 Å². The lowest BCUT2D eigenvalue weighted by Gasteiger charge is -2.31. The molecular weight excluding hydrogens is 274 g/mol. The monoisotopic (exact) mass is 287 g/mol. The van der Waals surface area contributed by atoms with Gasteiger partial charge >= 0.3 is 0 Å². The second kappa shape index (κ2) is 5.28. The Morgan fingerprint density at radius 1 is 1.28 bits per heavy atom. The highest BCUT2D eigenvalue weighted by Crippen LogP contribution is 2.21. The lowest BCUT2D eigenvalue weighted by molar-refractivity contribution is 0.0727. The van der Waals surface area contributed by atoms with Gasteiger partial charge in [-0.1, -0.05) is 18.2 Å². The van der Waals surface area contributed by atoms with E-state index in [2.05, 4.69) is 0 Å². The van der Waals surface area contributed by atoms with E-state index < -0.39 is 14.3 Å². The van der Waals surface area contributed by atoms with Crippen molar-refractivity contribution >= 4 is 25.6 Å². The Balaban J connectivity index is 2.13. The molecule has 18 heavy (non-hydrogen) atoms. The largest absolute Gasteiger partial charge is 0.337 e. The molecule has 1 unspecified atom stereocenters. The second-order valence-electron chi connectivity index (χ2n) is 4.36. The predicted molar refractivity (Wildman–Crippen MR) is 70.1 cm³/mol. The summed E-state index contributed by atoms with van der Waals surface area (Å²) in [6.45, 7) is 0.760. The summed E-state index contributed by atoms with van der Waals surface area (Å²) in [5, 5.41) is -0.652. The predicted octanol–water partition coefficient (Wildman–Crippen LogP) is 1.86. The van der Waals surface area contributed by atoms with Gasteiger partial charge in [0.05, 0.1) is 5.25 Å². The van der Waals surface area contributed by atoms with Crippen LogP contribution >= 0.6 is 10.7 Å². The van der Waals surface area contributed by atoms with Crippen molar-refractivity contribution in [1.82, 2.24) is 4.90 Å². The summed E-state index contributed by atoms with van der Waals surface area (Å²) in [7, 11) is 1.77. The molecule has 1 amide bonds. The number of benzene rings is 1. The SMILES string of the molecule is O=C(c1ccccc1)N1CCCC(S(=O)(=O)Cl)C1. The Bertz CT molecular complexity index is 530. The van der Waals surface area contributed by atoms with Gasteiger partial charge in [0.25, 0.3) is 5.91 Å². The van der Waals surface area contributed by atoms with Crippen LogP contribution in [0.3, 0.4) is 0 Å². The van der Waals surface area contributed by atoms with Crippen molar-refractivity contribution in [2.24, 2.45) is 0 Å². The lowest BCUT2D eigenvalue weighted by Crippen LogP contribution is -2.44. The zero-order chi connectivity index (χ0) is 13.2. The molecule has 1 aliphatic heterocycles. The Kier molecular flexibility index (Phi) is 3.92. The van der Waals surface area contributed by atoms with Gasteiger partial charge in [-0.05, 0) is 25.0 Å². The number of nitrogens with zero attached hydrogens (tertiary/aromatic N) is 1. The minimum absolute atomic E-state index is 0.138. The molecular formula is C12H14ClNO3S. The fourth-order valence-electron chi connectivity index (χ4n) is 2.12. The van der Waals surface area contributed by atoms with Gasteiger partial charge in [0.15, 0.2) is 0 Å². The molecule has 0 spiro atoms. The summed E-state index contributed by atoms with van der Waals surface area (Å²) in [5.41, 5.74) is 0.574. The molecule has 4 nitrogen and oxygen atoms in total. The number of carbonyl (C=O) groups is 1. The normalized spacial score (nSPS) is 20.7. The first kappa shape index (κ1) is 13.4. The van der Waals surface area contributed by atoms with Crippen LogP contribution in [0.25, 0.3) is 0 Å². The maximum atomic E-state index is 12.2. The molecule has 1 atom stereocenters. The minimum atomic E-state index is -3.60. The summed E-state index contributed by atoms with van der Waals surface area (Å²) >= 11 is 0. The van der Waals surface area contributed by atoms with E-state index in [0.29, 0.717) is 24.9 Å². The molecule has 1 fully saturated rings. The van der Waals surface area contributed by atoms with Gasteiger partial charge in [-0.15, -0.1) is 0 Å². The van der Waals surface area contributed by atoms with Crippen LogP contribution in [0, 0.1) is 0 Å². The smallest absolute Gasteiger partial charge is 0.253 e. The molecule has 1 heterocycles. The first-order valence-electron chi connectivity index (χ1n) is 5.76. The van der Waals surface area contributed by atoms with Crippen LogP contribution in [-0.4, -0.2) is 37.6 Å². The minimum Gasteiger partial charge on any atom is -0.337 e. The summed E-state index contributed by atoms with van der Waals surface area (Å²) in [4.78, 5) is 13.7. The molecule has 1 aromatic rings. The molecule has 0 aromatic heterocycles. The number of hydrogen-bond acceptors (Lipinski definition) is 3. The summed E-state index contributed by atoms with van der Waals surface area (Å²) in [6, 6.07) is 8.85. The Morgan fingerprint density at radius 2 is 1.94 bits per heavy atom. The molecule has 1 aliphatic rings. The lowest BCUT2D eigenvalue weighted by atomic mass is 10.1. The van der Waals surface area contributed by atoms with Gasteiger partial charge in [0.1, 0.15) is 0 Å².